The quantitative estimate of drug-likeness (QED) is 0.650. The van der Waals surface area contributed by atoms with Gasteiger partial charge in [0.25, 0.3) is 0 Å². The second kappa shape index (κ2) is 6.00. The van der Waals surface area contributed by atoms with Crippen LogP contribution in [-0.2, 0) is 4.79 Å². The summed E-state index contributed by atoms with van der Waals surface area (Å²) < 4.78 is 0. The molecule has 0 aliphatic carbocycles. The highest BCUT2D eigenvalue weighted by atomic mass is 16.1. The van der Waals surface area contributed by atoms with Crippen molar-refractivity contribution in [3.63, 3.8) is 0 Å². The summed E-state index contributed by atoms with van der Waals surface area (Å²) in [7, 11) is 0. The van der Waals surface area contributed by atoms with Crippen LogP contribution in [0.2, 0.25) is 0 Å². The molecule has 0 saturated heterocycles. The monoisotopic (exact) mass is 172 g/mol. The highest BCUT2D eigenvalue weighted by Crippen LogP contribution is 1.98. The minimum atomic E-state index is 0.130. The highest BCUT2D eigenvalue weighted by Gasteiger charge is 2.03. The first kappa shape index (κ1) is 11.4. The zero-order valence-corrected chi connectivity index (χ0v) is 8.26. The Bertz CT molecular complexity index is 132. The first-order valence-electron chi connectivity index (χ1n) is 4.57. The standard InChI is InChI=1S/C9H20N2O/c1-7(2)11-9(12)6-4-5-8(3)10/h7-8H,4-6,10H2,1-3H3,(H,11,12). The second-order valence-electron chi connectivity index (χ2n) is 3.59. The fraction of sp³-hybridized carbons (Fsp3) is 0.889. The Balaban J connectivity index is 3.32. The van der Waals surface area contributed by atoms with Crippen molar-refractivity contribution in [2.24, 2.45) is 5.73 Å². The van der Waals surface area contributed by atoms with Crippen LogP contribution in [0.1, 0.15) is 40.0 Å². The molecule has 0 aromatic rings. The van der Waals surface area contributed by atoms with E-state index in [4.69, 9.17) is 5.73 Å². The molecular weight excluding hydrogens is 152 g/mol. The van der Waals surface area contributed by atoms with Gasteiger partial charge in [-0.05, 0) is 33.6 Å². The van der Waals surface area contributed by atoms with E-state index in [9.17, 15) is 4.79 Å². The van der Waals surface area contributed by atoms with Crippen LogP contribution in [-0.4, -0.2) is 18.0 Å². The lowest BCUT2D eigenvalue weighted by atomic mass is 10.1. The van der Waals surface area contributed by atoms with Crippen molar-refractivity contribution in [2.75, 3.05) is 0 Å². The Morgan fingerprint density at radius 2 is 2.00 bits per heavy atom. The lowest BCUT2D eigenvalue weighted by molar-refractivity contribution is -0.121. The van der Waals surface area contributed by atoms with Crippen molar-refractivity contribution in [3.8, 4) is 0 Å². The van der Waals surface area contributed by atoms with Crippen molar-refractivity contribution < 1.29 is 4.79 Å². The van der Waals surface area contributed by atoms with Crippen LogP contribution in [0.15, 0.2) is 0 Å². The smallest absolute Gasteiger partial charge is 0.220 e. The lowest BCUT2D eigenvalue weighted by Crippen LogP contribution is -2.30. The molecule has 1 amide bonds. The van der Waals surface area contributed by atoms with E-state index in [1.165, 1.54) is 0 Å². The van der Waals surface area contributed by atoms with Crippen LogP contribution in [0.5, 0.6) is 0 Å². The SMILES string of the molecule is CC(N)CCCC(=O)NC(C)C. The summed E-state index contributed by atoms with van der Waals surface area (Å²) in [6, 6.07) is 0.449. The van der Waals surface area contributed by atoms with Crippen LogP contribution in [0.4, 0.5) is 0 Å². The van der Waals surface area contributed by atoms with Gasteiger partial charge in [-0.15, -0.1) is 0 Å². The molecule has 0 radical (unpaired) electrons. The zero-order chi connectivity index (χ0) is 9.56. The zero-order valence-electron chi connectivity index (χ0n) is 8.26. The fourth-order valence-corrected chi connectivity index (χ4v) is 0.979. The number of carbonyl (C=O) groups is 1. The Morgan fingerprint density at radius 1 is 1.42 bits per heavy atom. The Hall–Kier alpha value is -0.570. The molecule has 3 nitrogen and oxygen atoms in total. The van der Waals surface area contributed by atoms with Crippen molar-refractivity contribution in [1.82, 2.24) is 5.32 Å². The molecule has 3 heteroatoms. The first-order chi connectivity index (χ1) is 5.52. The molecule has 0 rings (SSSR count). The third-order valence-corrected chi connectivity index (χ3v) is 1.51. The van der Waals surface area contributed by atoms with Crippen molar-refractivity contribution >= 4 is 5.91 Å². The van der Waals surface area contributed by atoms with Crippen molar-refractivity contribution in [1.29, 1.82) is 0 Å². The Morgan fingerprint density at radius 3 is 2.42 bits per heavy atom. The molecule has 0 fully saturated rings. The maximum Gasteiger partial charge on any atom is 0.220 e. The van der Waals surface area contributed by atoms with E-state index in [2.05, 4.69) is 5.32 Å². The number of hydrogen-bond acceptors (Lipinski definition) is 2. The van der Waals surface area contributed by atoms with Gasteiger partial charge in [-0.25, -0.2) is 0 Å². The average Bonchev–Trinajstić information content (AvgIpc) is 1.84. The minimum Gasteiger partial charge on any atom is -0.354 e. The van der Waals surface area contributed by atoms with Crippen LogP contribution in [0, 0.1) is 0 Å². The van der Waals surface area contributed by atoms with E-state index < -0.39 is 0 Å². The molecule has 0 bridgehead atoms. The molecule has 1 atom stereocenters. The molecule has 72 valence electrons. The molecule has 1 unspecified atom stereocenters. The van der Waals surface area contributed by atoms with E-state index in [0.29, 0.717) is 6.42 Å². The third kappa shape index (κ3) is 7.54. The molecule has 0 saturated carbocycles. The van der Waals surface area contributed by atoms with Crippen LogP contribution in [0.25, 0.3) is 0 Å². The van der Waals surface area contributed by atoms with E-state index in [1.54, 1.807) is 0 Å². The number of hydrogen-bond donors (Lipinski definition) is 2. The van der Waals surface area contributed by atoms with E-state index in [1.807, 2.05) is 20.8 Å². The molecule has 12 heavy (non-hydrogen) atoms. The summed E-state index contributed by atoms with van der Waals surface area (Å²) in [4.78, 5) is 11.1. The predicted molar refractivity (Wildman–Crippen MR) is 50.8 cm³/mol. The van der Waals surface area contributed by atoms with Crippen molar-refractivity contribution in [3.05, 3.63) is 0 Å². The topological polar surface area (TPSA) is 55.1 Å². The number of amides is 1. The normalized spacial score (nSPS) is 13.1. The minimum absolute atomic E-state index is 0.130. The Labute approximate surface area is 74.7 Å². The number of nitrogens with two attached hydrogens (primary N) is 1. The van der Waals surface area contributed by atoms with Gasteiger partial charge in [0.15, 0.2) is 0 Å². The molecule has 0 heterocycles. The fourth-order valence-electron chi connectivity index (χ4n) is 0.979. The summed E-state index contributed by atoms with van der Waals surface area (Å²) in [5.41, 5.74) is 5.55. The van der Waals surface area contributed by atoms with Crippen LogP contribution < -0.4 is 11.1 Å². The third-order valence-electron chi connectivity index (χ3n) is 1.51. The van der Waals surface area contributed by atoms with E-state index >= 15 is 0 Å². The van der Waals surface area contributed by atoms with E-state index in [-0.39, 0.29) is 18.0 Å². The van der Waals surface area contributed by atoms with Crippen LogP contribution in [0.3, 0.4) is 0 Å². The summed E-state index contributed by atoms with van der Waals surface area (Å²) in [5.74, 6) is 0.130. The molecule has 0 spiro atoms. The number of carbonyl (C=O) groups excluding carboxylic acids is 1. The Kier molecular flexibility index (Phi) is 5.72. The van der Waals surface area contributed by atoms with Gasteiger partial charge in [-0.1, -0.05) is 0 Å². The number of rotatable bonds is 5. The maximum atomic E-state index is 11.1. The van der Waals surface area contributed by atoms with Gasteiger partial charge in [0.1, 0.15) is 0 Å². The van der Waals surface area contributed by atoms with Gasteiger partial charge in [0.2, 0.25) is 5.91 Å². The summed E-state index contributed by atoms with van der Waals surface area (Å²) >= 11 is 0. The van der Waals surface area contributed by atoms with Gasteiger partial charge in [-0.3, -0.25) is 4.79 Å². The average molecular weight is 172 g/mol. The molecule has 3 N–H and O–H groups in total. The maximum absolute atomic E-state index is 11.1. The van der Waals surface area contributed by atoms with Crippen molar-refractivity contribution in [2.45, 2.75) is 52.1 Å². The van der Waals surface area contributed by atoms with Crippen LogP contribution >= 0.6 is 0 Å². The predicted octanol–water partition coefficient (Wildman–Crippen LogP) is 1.03. The largest absolute Gasteiger partial charge is 0.354 e. The van der Waals surface area contributed by atoms with Gasteiger partial charge in [0, 0.05) is 18.5 Å². The molecule has 0 aromatic heterocycles. The summed E-state index contributed by atoms with van der Waals surface area (Å²) in [5, 5.41) is 2.84. The van der Waals surface area contributed by atoms with Gasteiger partial charge in [-0.2, -0.15) is 0 Å². The molecule has 0 aliphatic rings. The van der Waals surface area contributed by atoms with Gasteiger partial charge < -0.3 is 11.1 Å². The van der Waals surface area contributed by atoms with Gasteiger partial charge >= 0.3 is 0 Å². The summed E-state index contributed by atoms with van der Waals surface area (Å²) in [6.45, 7) is 5.88. The lowest BCUT2D eigenvalue weighted by Gasteiger charge is -2.08. The molecule has 0 aliphatic heterocycles. The number of nitrogens with one attached hydrogen (secondary N) is 1. The van der Waals surface area contributed by atoms with E-state index in [0.717, 1.165) is 12.8 Å². The van der Waals surface area contributed by atoms with Gasteiger partial charge in [0.05, 0.1) is 0 Å². The first-order valence-corrected chi connectivity index (χ1v) is 4.57. The molecule has 0 aromatic carbocycles. The second-order valence-corrected chi connectivity index (χ2v) is 3.59. The highest BCUT2D eigenvalue weighted by molar-refractivity contribution is 5.76. The summed E-state index contributed by atoms with van der Waals surface area (Å²) in [6.07, 6.45) is 2.40. The molecular formula is C9H20N2O.